The van der Waals surface area contributed by atoms with Gasteiger partial charge in [0.2, 0.25) is 10.0 Å². The van der Waals surface area contributed by atoms with Crippen LogP contribution in [-0.2, 0) is 16.4 Å². The summed E-state index contributed by atoms with van der Waals surface area (Å²) in [5.74, 6) is 0.462. The molecule has 3 heterocycles. The molecule has 9 nitrogen and oxygen atoms in total. The van der Waals surface area contributed by atoms with E-state index in [9.17, 15) is 13.2 Å². The van der Waals surface area contributed by atoms with Crippen molar-refractivity contribution in [1.29, 1.82) is 0 Å². The van der Waals surface area contributed by atoms with Gasteiger partial charge >= 0.3 is 0 Å². The Morgan fingerprint density at radius 2 is 2.23 bits per heavy atom. The van der Waals surface area contributed by atoms with Gasteiger partial charge in [-0.2, -0.15) is 0 Å². The molecule has 1 fully saturated rings. The molecule has 162 valence electrons. The highest BCUT2D eigenvalue weighted by Gasteiger charge is 2.40. The van der Waals surface area contributed by atoms with Gasteiger partial charge in [0.1, 0.15) is 16.3 Å². The molecule has 1 amide bonds. The van der Waals surface area contributed by atoms with Crippen molar-refractivity contribution in [2.75, 3.05) is 19.7 Å². The van der Waals surface area contributed by atoms with Crippen LogP contribution in [0.25, 0.3) is 0 Å². The molecule has 2 aromatic rings. The summed E-state index contributed by atoms with van der Waals surface area (Å²) < 4.78 is 35.0. The van der Waals surface area contributed by atoms with E-state index in [1.54, 1.807) is 17.0 Å². The van der Waals surface area contributed by atoms with Gasteiger partial charge in [-0.3, -0.25) is 9.89 Å². The second-order valence-electron chi connectivity index (χ2n) is 8.08. The van der Waals surface area contributed by atoms with Gasteiger partial charge in [0, 0.05) is 25.6 Å². The van der Waals surface area contributed by atoms with E-state index in [2.05, 4.69) is 27.1 Å². The van der Waals surface area contributed by atoms with Crippen LogP contribution in [0.2, 0.25) is 0 Å². The molecule has 2 aliphatic rings. The van der Waals surface area contributed by atoms with Gasteiger partial charge in [0.25, 0.3) is 5.91 Å². The van der Waals surface area contributed by atoms with Crippen molar-refractivity contribution in [2.24, 2.45) is 11.8 Å². The van der Waals surface area contributed by atoms with Crippen LogP contribution >= 0.6 is 0 Å². The number of ether oxygens (including phenoxy) is 1. The smallest absolute Gasteiger partial charge is 0.273 e. The predicted octanol–water partition coefficient (Wildman–Crippen LogP) is 1.59. The van der Waals surface area contributed by atoms with E-state index in [1.165, 1.54) is 6.20 Å². The van der Waals surface area contributed by atoms with Gasteiger partial charge in [-0.05, 0) is 29.9 Å². The molecular formula is C20H27N5O4S. The van der Waals surface area contributed by atoms with Crippen LogP contribution in [0.3, 0.4) is 0 Å². The number of fused-ring (bicyclic) bond motifs is 1. The van der Waals surface area contributed by atoms with Crippen molar-refractivity contribution in [3.8, 4) is 5.75 Å². The summed E-state index contributed by atoms with van der Waals surface area (Å²) in [7, 11) is -3.75. The van der Waals surface area contributed by atoms with Crippen LogP contribution in [0.15, 0.2) is 29.3 Å². The molecule has 30 heavy (non-hydrogen) atoms. The zero-order valence-corrected chi connectivity index (χ0v) is 18.0. The van der Waals surface area contributed by atoms with Gasteiger partial charge in [0.05, 0.1) is 12.8 Å². The molecular weight excluding hydrogens is 406 g/mol. The SMILES string of the molecule is CCC[C@@H](NS(=O)(=O)c1cccc2c1OCC2)[C@H]1CN(C(=O)c2cnn[nH]2)C[C@H]1C. The number of aromatic amines is 1. The summed E-state index contributed by atoms with van der Waals surface area (Å²) in [5.41, 5.74) is 1.26. The summed E-state index contributed by atoms with van der Waals surface area (Å²) in [6.45, 7) is 5.64. The first-order chi connectivity index (χ1) is 14.4. The lowest BCUT2D eigenvalue weighted by molar-refractivity contribution is 0.0777. The van der Waals surface area contributed by atoms with Gasteiger partial charge in [0.15, 0.2) is 0 Å². The average Bonchev–Trinajstić information content (AvgIpc) is 3.47. The average molecular weight is 434 g/mol. The van der Waals surface area contributed by atoms with E-state index in [0.717, 1.165) is 18.4 Å². The van der Waals surface area contributed by atoms with Gasteiger partial charge in [-0.1, -0.05) is 37.6 Å². The molecule has 1 aromatic heterocycles. The molecule has 0 bridgehead atoms. The molecule has 0 radical (unpaired) electrons. The van der Waals surface area contributed by atoms with E-state index in [0.29, 0.717) is 37.6 Å². The van der Waals surface area contributed by atoms with Crippen molar-refractivity contribution in [1.82, 2.24) is 25.0 Å². The van der Waals surface area contributed by atoms with Gasteiger partial charge in [-0.15, -0.1) is 5.10 Å². The number of benzene rings is 1. The number of para-hydroxylation sites is 1. The maximum absolute atomic E-state index is 13.2. The van der Waals surface area contributed by atoms with Crippen LogP contribution < -0.4 is 9.46 Å². The third-order valence-corrected chi connectivity index (χ3v) is 7.51. The molecule has 0 saturated carbocycles. The van der Waals surface area contributed by atoms with Crippen molar-refractivity contribution < 1.29 is 17.9 Å². The Hall–Kier alpha value is -2.46. The third-order valence-electron chi connectivity index (χ3n) is 5.99. The largest absolute Gasteiger partial charge is 0.492 e. The van der Waals surface area contributed by atoms with E-state index in [4.69, 9.17) is 4.74 Å². The maximum atomic E-state index is 13.2. The maximum Gasteiger partial charge on any atom is 0.273 e. The minimum Gasteiger partial charge on any atom is -0.492 e. The number of aromatic nitrogens is 3. The summed E-state index contributed by atoms with van der Waals surface area (Å²) >= 11 is 0. The fourth-order valence-electron chi connectivity index (χ4n) is 4.48. The molecule has 1 saturated heterocycles. The standard InChI is InChI=1S/C20H27N5O4S/c1-3-5-16(15-12-25(11-13(15)2)20(26)17-10-21-24-22-17)23-30(27,28)18-7-4-6-14-8-9-29-19(14)18/h4,6-7,10,13,15-16,23H,3,5,8-9,11-12H2,1-2H3,(H,21,22,24)/t13-,15+,16-/m1/s1. The molecule has 10 heteroatoms. The first-order valence-electron chi connectivity index (χ1n) is 10.3. The Kier molecular flexibility index (Phi) is 5.79. The Morgan fingerprint density at radius 1 is 1.40 bits per heavy atom. The number of hydrogen-bond acceptors (Lipinski definition) is 6. The molecule has 0 unspecified atom stereocenters. The number of carbonyl (C=O) groups is 1. The quantitative estimate of drug-likeness (QED) is 0.685. The molecule has 2 aliphatic heterocycles. The van der Waals surface area contributed by atoms with Crippen LogP contribution in [0.1, 0.15) is 42.7 Å². The molecule has 0 spiro atoms. The highest BCUT2D eigenvalue weighted by Crippen LogP contribution is 2.34. The van der Waals surface area contributed by atoms with Crippen molar-refractivity contribution in [3.63, 3.8) is 0 Å². The number of amides is 1. The summed E-state index contributed by atoms with van der Waals surface area (Å²) in [4.78, 5) is 14.6. The molecule has 2 N–H and O–H groups in total. The van der Waals surface area contributed by atoms with E-state index < -0.39 is 10.0 Å². The lowest BCUT2D eigenvalue weighted by Gasteiger charge is -2.27. The topological polar surface area (TPSA) is 117 Å². The monoisotopic (exact) mass is 433 g/mol. The minimum absolute atomic E-state index is 0.0113. The number of likely N-dealkylation sites (tertiary alicyclic amines) is 1. The van der Waals surface area contributed by atoms with Gasteiger partial charge < -0.3 is 9.64 Å². The Morgan fingerprint density at radius 3 is 2.97 bits per heavy atom. The zero-order valence-electron chi connectivity index (χ0n) is 17.2. The fraction of sp³-hybridized carbons (Fsp3) is 0.550. The van der Waals surface area contributed by atoms with E-state index >= 15 is 0 Å². The van der Waals surface area contributed by atoms with Crippen LogP contribution in [0.4, 0.5) is 0 Å². The van der Waals surface area contributed by atoms with E-state index in [-0.39, 0.29) is 28.7 Å². The number of nitrogens with zero attached hydrogens (tertiary/aromatic N) is 3. The van der Waals surface area contributed by atoms with Crippen LogP contribution in [0.5, 0.6) is 5.75 Å². The predicted molar refractivity (Wildman–Crippen MR) is 110 cm³/mol. The highest BCUT2D eigenvalue weighted by atomic mass is 32.2. The molecule has 1 aromatic carbocycles. The number of sulfonamides is 1. The van der Waals surface area contributed by atoms with Crippen molar-refractivity contribution in [3.05, 3.63) is 35.7 Å². The van der Waals surface area contributed by atoms with Crippen LogP contribution in [0, 0.1) is 11.8 Å². The van der Waals surface area contributed by atoms with Crippen molar-refractivity contribution in [2.45, 2.75) is 44.0 Å². The van der Waals surface area contributed by atoms with Gasteiger partial charge in [-0.25, -0.2) is 13.1 Å². The number of H-pyrrole nitrogens is 1. The number of hydrogen-bond donors (Lipinski definition) is 2. The third kappa shape index (κ3) is 3.93. The first kappa shape index (κ1) is 20.8. The highest BCUT2D eigenvalue weighted by molar-refractivity contribution is 7.89. The number of carbonyl (C=O) groups excluding carboxylic acids is 1. The zero-order chi connectivity index (χ0) is 21.3. The normalized spacial score (nSPS) is 22.0. The summed E-state index contributed by atoms with van der Waals surface area (Å²) in [5, 5.41) is 9.88. The lowest BCUT2D eigenvalue weighted by Crippen LogP contribution is -2.43. The number of rotatable bonds is 7. The second-order valence-corrected chi connectivity index (χ2v) is 9.76. The van der Waals surface area contributed by atoms with E-state index in [1.807, 2.05) is 13.0 Å². The minimum atomic E-state index is -3.75. The van der Waals surface area contributed by atoms with Crippen LogP contribution in [-0.4, -0.2) is 60.4 Å². The molecule has 4 rings (SSSR count). The Labute approximate surface area is 176 Å². The molecule has 3 atom stereocenters. The second kappa shape index (κ2) is 8.35. The number of nitrogens with one attached hydrogen (secondary N) is 2. The Bertz CT molecular complexity index is 1010. The lowest BCUT2D eigenvalue weighted by atomic mass is 9.88. The Balaban J connectivity index is 1.54. The summed E-state index contributed by atoms with van der Waals surface area (Å²) in [6.07, 6.45) is 3.65. The molecule has 0 aliphatic carbocycles. The van der Waals surface area contributed by atoms with Crippen molar-refractivity contribution >= 4 is 15.9 Å². The summed E-state index contributed by atoms with van der Waals surface area (Å²) in [6, 6.07) is 4.98. The fourth-order valence-corrected chi connectivity index (χ4v) is 5.99. The first-order valence-corrected chi connectivity index (χ1v) is 11.8.